The summed E-state index contributed by atoms with van der Waals surface area (Å²) in [5, 5.41) is 11.1. The molecule has 1 aromatic carbocycles. The zero-order valence-corrected chi connectivity index (χ0v) is 14.4. The number of carbonyl (C=O) groups excluding carboxylic acids is 1. The molecule has 1 aliphatic heterocycles. The third-order valence-corrected chi connectivity index (χ3v) is 4.44. The highest BCUT2D eigenvalue weighted by Crippen LogP contribution is 2.35. The average Bonchev–Trinajstić information content (AvgIpc) is 3.03. The smallest absolute Gasteiger partial charge is 0.248 e. The molecule has 23 heavy (non-hydrogen) atoms. The van der Waals surface area contributed by atoms with Crippen LogP contribution in [-0.4, -0.2) is 48.3 Å². The molecule has 1 saturated heterocycles. The number of hydrogen-bond donors (Lipinski definition) is 1. The van der Waals surface area contributed by atoms with Crippen LogP contribution in [0.5, 0.6) is 5.75 Å². The minimum Gasteiger partial charge on any atom is -0.497 e. The Morgan fingerprint density at radius 2 is 2.04 bits per heavy atom. The number of aliphatic hydroxyl groups is 1. The third-order valence-electron chi connectivity index (χ3n) is 4.44. The van der Waals surface area contributed by atoms with Crippen LogP contribution in [0.3, 0.4) is 0 Å². The van der Waals surface area contributed by atoms with Crippen molar-refractivity contribution in [3.63, 3.8) is 0 Å². The molecule has 1 heterocycles. The van der Waals surface area contributed by atoms with Crippen molar-refractivity contribution >= 4 is 5.91 Å². The van der Waals surface area contributed by atoms with E-state index in [-0.39, 0.29) is 24.7 Å². The highest BCUT2D eigenvalue weighted by atomic mass is 16.5. The van der Waals surface area contributed by atoms with Crippen LogP contribution in [0.4, 0.5) is 0 Å². The number of amides is 1. The summed E-state index contributed by atoms with van der Waals surface area (Å²) in [5.74, 6) is 0.684. The van der Waals surface area contributed by atoms with Crippen molar-refractivity contribution in [1.82, 2.24) is 4.90 Å². The fraction of sp³-hybridized carbons (Fsp3) is 0.611. The number of carbonyl (C=O) groups is 1. The molecular weight excluding hydrogens is 294 g/mol. The summed E-state index contributed by atoms with van der Waals surface area (Å²) in [7, 11) is 1.61. The van der Waals surface area contributed by atoms with E-state index < -0.39 is 5.60 Å². The Hall–Kier alpha value is -1.59. The molecule has 1 N–H and O–H groups in total. The van der Waals surface area contributed by atoms with Gasteiger partial charge in [-0.15, -0.1) is 0 Å². The molecule has 0 saturated carbocycles. The Labute approximate surface area is 138 Å². The van der Waals surface area contributed by atoms with Gasteiger partial charge in [0.15, 0.2) is 0 Å². The van der Waals surface area contributed by atoms with E-state index >= 15 is 0 Å². The van der Waals surface area contributed by atoms with Gasteiger partial charge in [-0.25, -0.2) is 0 Å². The van der Waals surface area contributed by atoms with E-state index in [0.717, 1.165) is 24.2 Å². The minimum atomic E-state index is -1.10. The molecule has 2 atom stereocenters. The molecule has 0 radical (unpaired) electrons. The minimum absolute atomic E-state index is 0.0158. The number of benzene rings is 1. The number of nitrogens with zero attached hydrogens (tertiary/aromatic N) is 1. The summed E-state index contributed by atoms with van der Waals surface area (Å²) in [6, 6.07) is 7.12. The van der Waals surface area contributed by atoms with Gasteiger partial charge in [0.05, 0.1) is 19.3 Å². The lowest BCUT2D eigenvalue weighted by molar-refractivity contribution is -0.144. The van der Waals surface area contributed by atoms with Gasteiger partial charge in [-0.1, -0.05) is 12.1 Å². The van der Waals surface area contributed by atoms with Crippen molar-refractivity contribution in [1.29, 1.82) is 0 Å². The fourth-order valence-corrected chi connectivity index (χ4v) is 3.09. The standard InChI is InChI=1S/C18H27NO4/c1-13(2)23-12-17(20)19-11-5-6-16(19)18(3,21)14-7-9-15(22-4)10-8-14/h7-10,13,16,21H,5-6,11-12H2,1-4H3/t16-,18-/m1/s1. The Morgan fingerprint density at radius 1 is 1.39 bits per heavy atom. The molecule has 2 rings (SSSR count). The van der Waals surface area contributed by atoms with E-state index in [0.29, 0.717) is 6.54 Å². The number of likely N-dealkylation sites (tertiary alicyclic amines) is 1. The van der Waals surface area contributed by atoms with Gasteiger partial charge < -0.3 is 19.5 Å². The SMILES string of the molecule is COc1ccc([C@@](C)(O)[C@H]2CCCN2C(=O)COC(C)C)cc1. The Balaban J connectivity index is 2.14. The number of ether oxygens (including phenoxy) is 2. The Bertz CT molecular complexity index is 524. The van der Waals surface area contributed by atoms with Crippen LogP contribution in [0.15, 0.2) is 24.3 Å². The summed E-state index contributed by atoms with van der Waals surface area (Å²) in [6.07, 6.45) is 1.69. The normalized spacial score (nSPS) is 20.6. The summed E-state index contributed by atoms with van der Waals surface area (Å²) in [5.41, 5.74) is -0.316. The molecule has 0 aromatic heterocycles. The van der Waals surface area contributed by atoms with Gasteiger partial charge >= 0.3 is 0 Å². The van der Waals surface area contributed by atoms with Crippen molar-refractivity contribution in [3.8, 4) is 5.75 Å². The quantitative estimate of drug-likeness (QED) is 0.873. The molecule has 1 aromatic rings. The van der Waals surface area contributed by atoms with Crippen LogP contribution in [0, 0.1) is 0 Å². The summed E-state index contributed by atoms with van der Waals surface area (Å²) < 4.78 is 10.6. The molecule has 0 bridgehead atoms. The van der Waals surface area contributed by atoms with Crippen molar-refractivity contribution in [2.75, 3.05) is 20.3 Å². The molecule has 0 spiro atoms. The first kappa shape index (κ1) is 17.8. The molecule has 1 aliphatic rings. The Kier molecular flexibility index (Phi) is 5.65. The Morgan fingerprint density at radius 3 is 2.61 bits per heavy atom. The average molecular weight is 321 g/mol. The lowest BCUT2D eigenvalue weighted by Gasteiger charge is -2.37. The van der Waals surface area contributed by atoms with Crippen LogP contribution in [0.25, 0.3) is 0 Å². The van der Waals surface area contributed by atoms with Crippen LogP contribution in [0.2, 0.25) is 0 Å². The largest absolute Gasteiger partial charge is 0.497 e. The number of hydrogen-bond acceptors (Lipinski definition) is 4. The molecular formula is C18H27NO4. The maximum atomic E-state index is 12.4. The van der Waals surface area contributed by atoms with Crippen LogP contribution >= 0.6 is 0 Å². The molecule has 5 heteroatoms. The van der Waals surface area contributed by atoms with Crippen molar-refractivity contribution < 1.29 is 19.4 Å². The van der Waals surface area contributed by atoms with Crippen LogP contribution < -0.4 is 4.74 Å². The predicted molar refractivity (Wildman–Crippen MR) is 88.4 cm³/mol. The van der Waals surface area contributed by atoms with E-state index in [1.165, 1.54) is 0 Å². The second-order valence-corrected chi connectivity index (χ2v) is 6.48. The van der Waals surface area contributed by atoms with Gasteiger partial charge in [-0.2, -0.15) is 0 Å². The summed E-state index contributed by atoms with van der Waals surface area (Å²) in [4.78, 5) is 14.2. The van der Waals surface area contributed by atoms with Gasteiger partial charge in [0.25, 0.3) is 0 Å². The molecule has 1 amide bonds. The highest BCUT2D eigenvalue weighted by Gasteiger charge is 2.42. The number of methoxy groups -OCH3 is 1. The lowest BCUT2D eigenvalue weighted by atomic mass is 9.86. The molecule has 1 fully saturated rings. The van der Waals surface area contributed by atoms with Crippen LogP contribution in [-0.2, 0) is 15.1 Å². The van der Waals surface area contributed by atoms with Gasteiger partial charge in [-0.3, -0.25) is 4.79 Å². The first-order valence-corrected chi connectivity index (χ1v) is 8.14. The van der Waals surface area contributed by atoms with Gasteiger partial charge in [-0.05, 0) is 51.3 Å². The van der Waals surface area contributed by atoms with Crippen molar-refractivity contribution in [2.45, 2.75) is 51.4 Å². The molecule has 5 nitrogen and oxygen atoms in total. The van der Waals surface area contributed by atoms with Crippen LogP contribution in [0.1, 0.15) is 39.2 Å². The monoisotopic (exact) mass is 321 g/mol. The zero-order valence-electron chi connectivity index (χ0n) is 14.4. The highest BCUT2D eigenvalue weighted by molar-refractivity contribution is 5.78. The second-order valence-electron chi connectivity index (χ2n) is 6.48. The maximum absolute atomic E-state index is 12.4. The zero-order chi connectivity index (χ0) is 17.0. The van der Waals surface area contributed by atoms with Crippen molar-refractivity contribution in [3.05, 3.63) is 29.8 Å². The van der Waals surface area contributed by atoms with Gasteiger partial charge in [0.2, 0.25) is 5.91 Å². The summed E-state index contributed by atoms with van der Waals surface area (Å²) in [6.45, 7) is 6.31. The fourth-order valence-electron chi connectivity index (χ4n) is 3.09. The molecule has 128 valence electrons. The van der Waals surface area contributed by atoms with E-state index in [4.69, 9.17) is 9.47 Å². The topological polar surface area (TPSA) is 59.0 Å². The van der Waals surface area contributed by atoms with E-state index in [1.54, 1.807) is 18.9 Å². The molecule has 0 aliphatic carbocycles. The predicted octanol–water partition coefficient (Wildman–Crippen LogP) is 2.32. The van der Waals surface area contributed by atoms with Gasteiger partial charge in [0.1, 0.15) is 18.0 Å². The van der Waals surface area contributed by atoms with Gasteiger partial charge in [0, 0.05) is 6.54 Å². The maximum Gasteiger partial charge on any atom is 0.248 e. The van der Waals surface area contributed by atoms with E-state index in [9.17, 15) is 9.90 Å². The van der Waals surface area contributed by atoms with E-state index in [2.05, 4.69) is 0 Å². The lowest BCUT2D eigenvalue weighted by Crippen LogP contribution is -2.49. The second kappa shape index (κ2) is 7.32. The summed E-state index contributed by atoms with van der Waals surface area (Å²) >= 11 is 0. The third kappa shape index (κ3) is 4.03. The van der Waals surface area contributed by atoms with Crippen molar-refractivity contribution in [2.24, 2.45) is 0 Å². The first-order valence-electron chi connectivity index (χ1n) is 8.14. The number of rotatable bonds is 6. The van der Waals surface area contributed by atoms with E-state index in [1.807, 2.05) is 38.1 Å². The molecule has 0 unspecified atom stereocenters. The first-order chi connectivity index (χ1) is 10.9.